The van der Waals surface area contributed by atoms with Gasteiger partial charge in [0, 0.05) is 6.20 Å². The van der Waals surface area contributed by atoms with Crippen LogP contribution in [0.1, 0.15) is 22.2 Å². The lowest BCUT2D eigenvalue weighted by molar-refractivity contribution is -0.298. The van der Waals surface area contributed by atoms with E-state index in [-0.39, 0.29) is 10.7 Å². The number of alkyl halides is 3. The minimum atomic E-state index is -4.76. The third-order valence-electron chi connectivity index (χ3n) is 3.26. The van der Waals surface area contributed by atoms with E-state index >= 15 is 0 Å². The lowest BCUT2D eigenvalue weighted by Gasteiger charge is -2.05. The number of nitrogens with zero attached hydrogens (tertiary/aromatic N) is 1. The average Bonchev–Trinajstić information content (AvgIpc) is 3.02. The lowest BCUT2D eigenvalue weighted by Crippen LogP contribution is -2.13. The van der Waals surface area contributed by atoms with Gasteiger partial charge in [0.25, 0.3) is 5.91 Å². The number of ether oxygens (including phenoxy) is 1. The minimum absolute atomic E-state index is 0.128. The topological polar surface area (TPSA) is 51.2 Å². The van der Waals surface area contributed by atoms with E-state index < -0.39 is 18.1 Å². The summed E-state index contributed by atoms with van der Waals surface area (Å²) >= 11 is 1.07. The third kappa shape index (κ3) is 5.78. The first kappa shape index (κ1) is 20.4. The van der Waals surface area contributed by atoms with E-state index in [0.29, 0.717) is 22.3 Å². The summed E-state index contributed by atoms with van der Waals surface area (Å²) in [7, 11) is 0. The van der Waals surface area contributed by atoms with Crippen LogP contribution < -0.4 is 5.32 Å². The number of benzene rings is 1. The van der Waals surface area contributed by atoms with Crippen LogP contribution in [0.25, 0.3) is 5.57 Å². The molecular weight excluding hydrogens is 384 g/mol. The molecule has 0 aliphatic carbocycles. The van der Waals surface area contributed by atoms with E-state index in [1.807, 2.05) is 0 Å². The quantitative estimate of drug-likeness (QED) is 0.395. The molecule has 0 saturated heterocycles. The fourth-order valence-corrected chi connectivity index (χ4v) is 2.94. The highest BCUT2D eigenvalue weighted by molar-refractivity contribution is 7.16. The van der Waals surface area contributed by atoms with Gasteiger partial charge in [-0.3, -0.25) is 10.1 Å². The molecule has 0 fully saturated rings. The summed E-state index contributed by atoms with van der Waals surface area (Å²) in [6.07, 6.45) is -0.216. The smallest absolute Gasteiger partial charge is 0.414 e. The Morgan fingerprint density at radius 2 is 2.04 bits per heavy atom. The number of anilines is 1. The molecule has 142 valence electrons. The summed E-state index contributed by atoms with van der Waals surface area (Å²) in [4.78, 5) is 16.7. The van der Waals surface area contributed by atoms with Crippen LogP contribution in [0.3, 0.4) is 0 Å². The van der Waals surface area contributed by atoms with Crippen LogP contribution in [0.15, 0.2) is 61.0 Å². The van der Waals surface area contributed by atoms with Crippen LogP contribution >= 0.6 is 11.3 Å². The Morgan fingerprint density at radius 3 is 2.67 bits per heavy atom. The van der Waals surface area contributed by atoms with Crippen molar-refractivity contribution in [3.05, 3.63) is 77.3 Å². The van der Waals surface area contributed by atoms with Crippen LogP contribution in [-0.4, -0.2) is 17.3 Å². The van der Waals surface area contributed by atoms with Gasteiger partial charge in [-0.1, -0.05) is 36.1 Å². The van der Waals surface area contributed by atoms with Crippen molar-refractivity contribution in [2.45, 2.75) is 13.3 Å². The molecule has 0 aliphatic heterocycles. The van der Waals surface area contributed by atoms with E-state index in [1.165, 1.54) is 36.5 Å². The van der Waals surface area contributed by atoms with Gasteiger partial charge in [-0.15, -0.1) is 13.2 Å². The van der Waals surface area contributed by atoms with E-state index in [4.69, 9.17) is 0 Å². The second-order valence-corrected chi connectivity index (χ2v) is 6.16. The molecule has 0 saturated carbocycles. The van der Waals surface area contributed by atoms with Gasteiger partial charge >= 0.3 is 6.36 Å². The number of nitrogens with one attached hydrogen (secondary N) is 1. The fraction of sp³-hybridized carbons (Fsp3) is 0.111. The molecule has 1 N–H and O–H groups in total. The highest BCUT2D eigenvalue weighted by atomic mass is 32.1. The monoisotopic (exact) mass is 398 g/mol. The molecule has 0 aliphatic rings. The summed E-state index contributed by atoms with van der Waals surface area (Å²) in [5, 5.41) is 2.69. The number of halogens is 4. The predicted molar refractivity (Wildman–Crippen MR) is 95.5 cm³/mol. The summed E-state index contributed by atoms with van der Waals surface area (Å²) in [6.45, 7) is 5.21. The first-order valence-electron chi connectivity index (χ1n) is 7.47. The number of aromatic nitrogens is 1. The van der Waals surface area contributed by atoms with Crippen LogP contribution in [0.2, 0.25) is 0 Å². The summed E-state index contributed by atoms with van der Waals surface area (Å²) in [5.41, 5.74) is 0.836. The number of allylic oxidation sites excluding steroid dienone is 4. The van der Waals surface area contributed by atoms with Crippen LogP contribution in [0, 0.1) is 5.82 Å². The second kappa shape index (κ2) is 8.63. The van der Waals surface area contributed by atoms with E-state index in [2.05, 4.69) is 21.6 Å². The van der Waals surface area contributed by atoms with Crippen LogP contribution in [0.4, 0.5) is 22.7 Å². The molecule has 9 heteroatoms. The van der Waals surface area contributed by atoms with Gasteiger partial charge < -0.3 is 4.74 Å². The maximum atomic E-state index is 13.6. The predicted octanol–water partition coefficient (Wildman–Crippen LogP) is 5.54. The number of hydrogen-bond acceptors (Lipinski definition) is 4. The highest BCUT2D eigenvalue weighted by Gasteiger charge is 2.28. The van der Waals surface area contributed by atoms with Crippen molar-refractivity contribution in [3.63, 3.8) is 0 Å². The van der Waals surface area contributed by atoms with Gasteiger partial charge in [0.2, 0.25) is 0 Å². The molecule has 0 unspecified atom stereocenters. The first-order valence-corrected chi connectivity index (χ1v) is 8.29. The van der Waals surface area contributed by atoms with Crippen molar-refractivity contribution in [2.75, 3.05) is 5.32 Å². The Kier molecular flexibility index (Phi) is 6.51. The molecule has 0 radical (unpaired) electrons. The second-order valence-electron chi connectivity index (χ2n) is 5.13. The molecule has 0 spiro atoms. The van der Waals surface area contributed by atoms with Crippen molar-refractivity contribution >= 4 is 27.9 Å². The number of thiazole rings is 1. The van der Waals surface area contributed by atoms with E-state index in [0.717, 1.165) is 17.4 Å². The van der Waals surface area contributed by atoms with Crippen molar-refractivity contribution in [3.8, 4) is 0 Å². The van der Waals surface area contributed by atoms with E-state index in [1.54, 1.807) is 6.92 Å². The maximum absolute atomic E-state index is 13.6. The fourth-order valence-electron chi connectivity index (χ4n) is 2.03. The lowest BCUT2D eigenvalue weighted by atomic mass is 10.1. The summed E-state index contributed by atoms with van der Waals surface area (Å²) < 4.78 is 53.3. The molecule has 27 heavy (non-hydrogen) atoms. The summed E-state index contributed by atoms with van der Waals surface area (Å²) in [5.74, 6) is -1.32. The Hall–Kier alpha value is -2.94. The van der Waals surface area contributed by atoms with Crippen molar-refractivity contribution in [1.82, 2.24) is 4.98 Å². The zero-order valence-electron chi connectivity index (χ0n) is 14.0. The zero-order valence-corrected chi connectivity index (χ0v) is 14.8. The van der Waals surface area contributed by atoms with Crippen molar-refractivity contribution < 1.29 is 27.1 Å². The van der Waals surface area contributed by atoms with Gasteiger partial charge in [0.15, 0.2) is 5.13 Å². The van der Waals surface area contributed by atoms with E-state index in [9.17, 15) is 22.4 Å². The Balaban J connectivity index is 2.17. The third-order valence-corrected chi connectivity index (χ3v) is 4.20. The Morgan fingerprint density at radius 1 is 1.33 bits per heavy atom. The summed E-state index contributed by atoms with van der Waals surface area (Å²) in [6, 6.07) is 5.50. The molecule has 1 heterocycles. The normalized spacial score (nSPS) is 12.6. The number of hydrogen-bond donors (Lipinski definition) is 1. The van der Waals surface area contributed by atoms with Gasteiger partial charge in [-0.05, 0) is 36.3 Å². The maximum Gasteiger partial charge on any atom is 0.572 e. The van der Waals surface area contributed by atoms with Gasteiger partial charge in [0.05, 0.1) is 16.7 Å². The van der Waals surface area contributed by atoms with Gasteiger partial charge in [-0.2, -0.15) is 0 Å². The molecular formula is C18H14F4N2O2S. The molecule has 1 aromatic heterocycles. The van der Waals surface area contributed by atoms with Gasteiger partial charge in [-0.25, -0.2) is 9.37 Å². The standard InChI is InChI=1S/C18H14F4N2O2S/c1-3-12(11(2)8-9-26-18(20,21)22)15-10-23-17(27-15)24-16(25)13-6-4-5-7-14(13)19/h3-10H,1H2,2H3,(H,23,24,25)/b9-8+,12-11+. The average molecular weight is 398 g/mol. The SMILES string of the molecule is C=C/C(=C(C)\C=C\OC(F)(F)F)c1cnc(NC(=O)c2ccccc2F)s1. The van der Waals surface area contributed by atoms with Crippen LogP contribution in [0.5, 0.6) is 0 Å². The number of rotatable bonds is 6. The molecule has 1 aromatic carbocycles. The van der Waals surface area contributed by atoms with Crippen LogP contribution in [-0.2, 0) is 4.74 Å². The molecule has 0 atom stereocenters. The Bertz CT molecular complexity index is 901. The number of carbonyl (C=O) groups is 1. The van der Waals surface area contributed by atoms with Crippen molar-refractivity contribution in [2.24, 2.45) is 0 Å². The highest BCUT2D eigenvalue weighted by Crippen LogP contribution is 2.29. The molecule has 4 nitrogen and oxygen atoms in total. The number of carbonyl (C=O) groups excluding carboxylic acids is 1. The number of amides is 1. The molecule has 2 aromatic rings. The molecule has 2 rings (SSSR count). The largest absolute Gasteiger partial charge is 0.572 e. The van der Waals surface area contributed by atoms with Crippen molar-refractivity contribution in [1.29, 1.82) is 0 Å². The van der Waals surface area contributed by atoms with Gasteiger partial charge in [0.1, 0.15) is 5.82 Å². The minimum Gasteiger partial charge on any atom is -0.414 e. The molecule has 0 bridgehead atoms. The zero-order chi connectivity index (χ0) is 20.0. The first-order chi connectivity index (χ1) is 12.7. The molecule has 1 amide bonds. The Labute approximate surface area is 156 Å².